The van der Waals surface area contributed by atoms with Crippen LogP contribution in [0.4, 0.5) is 16.3 Å². The lowest BCUT2D eigenvalue weighted by Gasteiger charge is -2.37. The number of pyridine rings is 1. The number of fused-ring (bicyclic) bond motifs is 6. The van der Waals surface area contributed by atoms with Gasteiger partial charge in [-0.1, -0.05) is 18.2 Å². The molecule has 2 aliphatic heterocycles. The molecule has 1 atom stereocenters. The minimum absolute atomic E-state index is 0.136. The molecule has 1 unspecified atom stereocenters. The molecule has 1 amide bonds. The lowest BCUT2D eigenvalue weighted by Crippen LogP contribution is -2.50. The van der Waals surface area contributed by atoms with Crippen molar-refractivity contribution in [1.29, 1.82) is 0 Å². The number of nitrogen functional groups attached to an aromatic ring is 1. The summed E-state index contributed by atoms with van der Waals surface area (Å²) in [7, 11) is -2.32. The maximum atomic E-state index is 13.6. The second kappa shape index (κ2) is 10.3. The number of hydrogen-bond acceptors (Lipinski definition) is 8. The number of methoxy groups -OCH3 is 1. The summed E-state index contributed by atoms with van der Waals surface area (Å²) in [4.78, 5) is 21.0. The fraction of sp³-hybridized carbons (Fsp3) is 0.379. The van der Waals surface area contributed by atoms with Crippen LogP contribution in [0.15, 0.2) is 53.6 Å². The van der Waals surface area contributed by atoms with E-state index in [0.29, 0.717) is 43.1 Å². The molecule has 212 valence electrons. The Kier molecular flexibility index (Phi) is 7.13. The zero-order valence-electron chi connectivity index (χ0n) is 23.4. The number of nitrogens with one attached hydrogen (secondary N) is 1. The Hall–Kier alpha value is -3.83. The zero-order valence-corrected chi connectivity index (χ0v) is 24.2. The molecule has 0 spiro atoms. The molecule has 40 heavy (non-hydrogen) atoms. The van der Waals surface area contributed by atoms with E-state index in [1.165, 1.54) is 0 Å². The first-order valence-electron chi connectivity index (χ1n) is 13.2. The number of aromatic nitrogens is 1. The van der Waals surface area contributed by atoms with Crippen LogP contribution in [0.25, 0.3) is 22.3 Å². The maximum absolute atomic E-state index is 13.6. The van der Waals surface area contributed by atoms with Crippen molar-refractivity contribution in [2.24, 2.45) is 0 Å². The minimum atomic E-state index is -3.92. The first-order valence-corrected chi connectivity index (χ1v) is 14.7. The number of sulfonamides is 1. The normalized spacial score (nSPS) is 18.4. The average Bonchev–Trinajstić information content (AvgIpc) is 2.91. The van der Waals surface area contributed by atoms with Gasteiger partial charge in [0.05, 0.1) is 12.0 Å². The summed E-state index contributed by atoms with van der Waals surface area (Å²) in [6.45, 7) is 9.53. The molecule has 0 aliphatic carbocycles. The van der Waals surface area contributed by atoms with Gasteiger partial charge in [-0.25, -0.2) is 22.9 Å². The first-order chi connectivity index (χ1) is 18.9. The number of hydrogen-bond donors (Lipinski definition) is 2. The molecule has 2 aromatic carbocycles. The molecule has 1 saturated heterocycles. The van der Waals surface area contributed by atoms with Gasteiger partial charge < -0.3 is 25.0 Å². The third-order valence-electron chi connectivity index (χ3n) is 7.11. The summed E-state index contributed by atoms with van der Waals surface area (Å²) in [5.41, 5.74) is 9.82. The van der Waals surface area contributed by atoms with Crippen molar-refractivity contribution in [3.05, 3.63) is 54.2 Å². The smallest absolute Gasteiger partial charge is 0.410 e. The van der Waals surface area contributed by atoms with Crippen molar-refractivity contribution in [3.8, 4) is 28.0 Å². The fourth-order valence-corrected chi connectivity index (χ4v) is 6.65. The standard InChI is InChI=1S/C29H35N5O5S/c1-18-22-15-20(33-10-12-34(13-11-33)28(35)39-29(2,3)4)16-24(38-5)26(22)19-14-23(27(30)31-17-19)21-8-6-7-9-25(21)40(36,37)32-18/h6-9,14-18,32H,10-13H2,1-5H3,(H2,30,31). The van der Waals surface area contributed by atoms with Gasteiger partial charge in [0.1, 0.15) is 17.2 Å². The van der Waals surface area contributed by atoms with E-state index in [2.05, 4.69) is 14.6 Å². The second-order valence-electron chi connectivity index (χ2n) is 11.1. The molecular formula is C29H35N5O5S. The molecule has 2 aliphatic rings. The van der Waals surface area contributed by atoms with Crippen LogP contribution in [0.2, 0.25) is 0 Å². The van der Waals surface area contributed by atoms with Crippen molar-refractivity contribution in [1.82, 2.24) is 14.6 Å². The van der Waals surface area contributed by atoms with Crippen molar-refractivity contribution < 1.29 is 22.7 Å². The number of ether oxygens (including phenoxy) is 2. The highest BCUT2D eigenvalue weighted by Crippen LogP contribution is 2.44. The van der Waals surface area contributed by atoms with E-state index in [1.807, 2.05) is 45.9 Å². The number of piperazine rings is 1. The third-order valence-corrected chi connectivity index (χ3v) is 8.71. The van der Waals surface area contributed by atoms with Crippen molar-refractivity contribution in [2.45, 2.75) is 44.2 Å². The summed E-state index contributed by atoms with van der Waals surface area (Å²) < 4.78 is 41.5. The van der Waals surface area contributed by atoms with Gasteiger partial charge in [0.2, 0.25) is 10.0 Å². The van der Waals surface area contributed by atoms with E-state index in [-0.39, 0.29) is 16.8 Å². The molecule has 3 N–H and O–H groups in total. The average molecular weight is 566 g/mol. The number of nitrogens with zero attached hydrogens (tertiary/aromatic N) is 3. The summed E-state index contributed by atoms with van der Waals surface area (Å²) in [5.74, 6) is 0.819. The number of amides is 1. The van der Waals surface area contributed by atoms with Crippen LogP contribution in [0.5, 0.6) is 5.75 Å². The van der Waals surface area contributed by atoms with Gasteiger partial charge in [-0.05, 0) is 51.5 Å². The summed E-state index contributed by atoms with van der Waals surface area (Å²) >= 11 is 0. The highest BCUT2D eigenvalue weighted by Gasteiger charge is 2.30. The van der Waals surface area contributed by atoms with Gasteiger partial charge in [0.15, 0.2) is 0 Å². The number of anilines is 2. The Morgan fingerprint density at radius 2 is 1.77 bits per heavy atom. The number of nitrogens with two attached hydrogens (primary N) is 1. The number of carbonyl (C=O) groups is 1. The van der Waals surface area contributed by atoms with Crippen LogP contribution < -0.4 is 20.1 Å². The van der Waals surface area contributed by atoms with Crippen LogP contribution in [-0.2, 0) is 14.8 Å². The van der Waals surface area contributed by atoms with Crippen LogP contribution in [0.1, 0.15) is 39.3 Å². The first kappa shape index (κ1) is 27.7. The molecule has 1 aromatic heterocycles. The van der Waals surface area contributed by atoms with E-state index < -0.39 is 21.7 Å². The Morgan fingerprint density at radius 3 is 2.45 bits per heavy atom. The van der Waals surface area contributed by atoms with Gasteiger partial charge in [0, 0.05) is 72.4 Å². The highest BCUT2D eigenvalue weighted by molar-refractivity contribution is 7.89. The summed E-state index contributed by atoms with van der Waals surface area (Å²) in [6, 6.07) is 12.0. The molecule has 5 rings (SSSR count). The lowest BCUT2D eigenvalue weighted by atomic mass is 9.92. The Bertz CT molecular complexity index is 1560. The van der Waals surface area contributed by atoms with Gasteiger partial charge in [-0.3, -0.25) is 0 Å². The van der Waals surface area contributed by atoms with Crippen LogP contribution >= 0.6 is 0 Å². The molecule has 0 radical (unpaired) electrons. The summed E-state index contributed by atoms with van der Waals surface area (Å²) in [5, 5.41) is 0. The van der Waals surface area contributed by atoms with E-state index in [0.717, 1.165) is 22.4 Å². The highest BCUT2D eigenvalue weighted by atomic mass is 32.2. The molecule has 2 bridgehead atoms. The maximum Gasteiger partial charge on any atom is 0.410 e. The van der Waals surface area contributed by atoms with Gasteiger partial charge in [0.25, 0.3) is 0 Å². The quantitative estimate of drug-likeness (QED) is 0.468. The number of carbonyl (C=O) groups excluding carboxylic acids is 1. The molecule has 11 heteroatoms. The van der Waals surface area contributed by atoms with Crippen LogP contribution in [0.3, 0.4) is 0 Å². The predicted octanol–water partition coefficient (Wildman–Crippen LogP) is 4.42. The molecule has 0 saturated carbocycles. The molecular weight excluding hydrogens is 530 g/mol. The monoisotopic (exact) mass is 565 g/mol. The Balaban J connectivity index is 1.58. The van der Waals surface area contributed by atoms with Crippen LogP contribution in [0, 0.1) is 0 Å². The van der Waals surface area contributed by atoms with E-state index in [9.17, 15) is 13.2 Å². The topological polar surface area (TPSA) is 127 Å². The summed E-state index contributed by atoms with van der Waals surface area (Å²) in [6.07, 6.45) is 1.36. The van der Waals surface area contributed by atoms with Gasteiger partial charge in [-0.2, -0.15) is 0 Å². The molecule has 1 fully saturated rings. The third kappa shape index (κ3) is 5.31. The second-order valence-corrected chi connectivity index (χ2v) is 12.7. The molecule has 10 nitrogen and oxygen atoms in total. The Morgan fingerprint density at radius 1 is 1.07 bits per heavy atom. The van der Waals surface area contributed by atoms with Crippen LogP contribution in [-0.4, -0.2) is 63.3 Å². The Labute approximate surface area is 235 Å². The van der Waals surface area contributed by atoms with Gasteiger partial charge >= 0.3 is 6.09 Å². The van der Waals surface area contributed by atoms with Crippen molar-refractivity contribution in [3.63, 3.8) is 0 Å². The molecule has 3 heterocycles. The van der Waals surface area contributed by atoms with E-state index >= 15 is 0 Å². The van der Waals surface area contributed by atoms with Gasteiger partial charge in [-0.15, -0.1) is 0 Å². The predicted molar refractivity (Wildman–Crippen MR) is 155 cm³/mol. The van der Waals surface area contributed by atoms with E-state index in [4.69, 9.17) is 15.2 Å². The largest absolute Gasteiger partial charge is 0.496 e. The number of benzene rings is 2. The van der Waals surface area contributed by atoms with Crippen molar-refractivity contribution >= 4 is 27.6 Å². The fourth-order valence-electron chi connectivity index (χ4n) is 5.20. The zero-order chi connectivity index (χ0) is 28.8. The molecule has 3 aromatic rings. The van der Waals surface area contributed by atoms with E-state index in [1.54, 1.807) is 42.5 Å². The van der Waals surface area contributed by atoms with Crippen molar-refractivity contribution in [2.75, 3.05) is 43.9 Å². The lowest BCUT2D eigenvalue weighted by molar-refractivity contribution is 0.0240. The minimum Gasteiger partial charge on any atom is -0.496 e. The number of rotatable bonds is 2. The SMILES string of the molecule is COc1cc(N2CCN(C(=O)OC(C)(C)C)CC2)cc2c1-c1cnc(N)c(c1)-c1ccccc1S(=O)(=O)NC2C.